The van der Waals surface area contributed by atoms with E-state index < -0.39 is 32.3 Å². The fraction of sp³-hybridized carbons (Fsp3) is 0.417. The summed E-state index contributed by atoms with van der Waals surface area (Å²) in [5.41, 5.74) is -0.433. The van der Waals surface area contributed by atoms with Gasteiger partial charge in [0.05, 0.1) is 10.5 Å². The molecule has 0 saturated heterocycles. The standard InChI is InChI=1S/C12H16FNO4S/c1-8(2)7-14(3)19(17,18)11-6-9(13)4-5-10(11)12(15)16/h4-6,8H,7H2,1-3H3,(H,15,16). The zero-order valence-electron chi connectivity index (χ0n) is 10.9. The first kappa shape index (κ1) is 15.6. The largest absolute Gasteiger partial charge is 0.478 e. The number of benzene rings is 1. The van der Waals surface area contributed by atoms with Gasteiger partial charge in [0.2, 0.25) is 10.0 Å². The Bertz CT molecular complexity index is 583. The van der Waals surface area contributed by atoms with Crippen LogP contribution in [0.2, 0.25) is 0 Å². The number of aromatic carboxylic acids is 1. The molecule has 0 aromatic heterocycles. The highest BCUT2D eigenvalue weighted by Crippen LogP contribution is 2.21. The Morgan fingerprint density at radius 1 is 1.42 bits per heavy atom. The minimum Gasteiger partial charge on any atom is -0.478 e. The summed E-state index contributed by atoms with van der Waals surface area (Å²) in [6.45, 7) is 3.88. The molecule has 1 aromatic carbocycles. The van der Waals surface area contributed by atoms with Crippen molar-refractivity contribution in [3.05, 3.63) is 29.6 Å². The molecule has 1 rings (SSSR count). The van der Waals surface area contributed by atoms with Gasteiger partial charge in [-0.1, -0.05) is 13.8 Å². The van der Waals surface area contributed by atoms with Crippen molar-refractivity contribution < 1.29 is 22.7 Å². The highest BCUT2D eigenvalue weighted by atomic mass is 32.2. The lowest BCUT2D eigenvalue weighted by molar-refractivity contribution is 0.0692. The Labute approximate surface area is 111 Å². The molecule has 0 saturated carbocycles. The van der Waals surface area contributed by atoms with Crippen molar-refractivity contribution in [2.75, 3.05) is 13.6 Å². The van der Waals surface area contributed by atoms with Crippen LogP contribution in [0.3, 0.4) is 0 Å². The highest BCUT2D eigenvalue weighted by Gasteiger charge is 2.27. The first-order chi connectivity index (χ1) is 8.66. The SMILES string of the molecule is CC(C)CN(C)S(=O)(=O)c1cc(F)ccc1C(=O)O. The summed E-state index contributed by atoms with van der Waals surface area (Å²) in [5.74, 6) is -2.13. The van der Waals surface area contributed by atoms with Gasteiger partial charge < -0.3 is 5.11 Å². The molecule has 5 nitrogen and oxygen atoms in total. The number of halogens is 1. The number of hydrogen-bond donors (Lipinski definition) is 1. The number of rotatable bonds is 5. The summed E-state index contributed by atoms with van der Waals surface area (Å²) in [6.07, 6.45) is 0. The molecule has 0 aliphatic rings. The molecule has 1 N–H and O–H groups in total. The maximum Gasteiger partial charge on any atom is 0.337 e. The van der Waals surface area contributed by atoms with Gasteiger partial charge in [-0.3, -0.25) is 0 Å². The zero-order chi connectivity index (χ0) is 14.8. The summed E-state index contributed by atoms with van der Waals surface area (Å²) in [5, 5.41) is 8.98. The second-order valence-electron chi connectivity index (χ2n) is 4.63. The van der Waals surface area contributed by atoms with E-state index >= 15 is 0 Å². The average Bonchev–Trinajstić information content (AvgIpc) is 2.27. The maximum absolute atomic E-state index is 13.2. The molecule has 0 aliphatic heterocycles. The molecule has 19 heavy (non-hydrogen) atoms. The minimum absolute atomic E-state index is 0.0709. The maximum atomic E-state index is 13.2. The van der Waals surface area contributed by atoms with Crippen LogP contribution in [0.4, 0.5) is 4.39 Å². The average molecular weight is 289 g/mol. The third kappa shape index (κ3) is 3.51. The Kier molecular flexibility index (Phi) is 4.65. The van der Waals surface area contributed by atoms with Crippen LogP contribution in [0.25, 0.3) is 0 Å². The molecule has 0 heterocycles. The van der Waals surface area contributed by atoms with Crippen molar-refractivity contribution in [3.8, 4) is 0 Å². The highest BCUT2D eigenvalue weighted by molar-refractivity contribution is 7.89. The first-order valence-corrected chi connectivity index (χ1v) is 7.09. The van der Waals surface area contributed by atoms with E-state index in [1.807, 2.05) is 13.8 Å². The smallest absolute Gasteiger partial charge is 0.337 e. The monoisotopic (exact) mass is 289 g/mol. The van der Waals surface area contributed by atoms with Crippen molar-refractivity contribution in [3.63, 3.8) is 0 Å². The van der Waals surface area contributed by atoms with Crippen LogP contribution in [0.1, 0.15) is 24.2 Å². The van der Waals surface area contributed by atoms with E-state index in [0.717, 1.165) is 22.5 Å². The van der Waals surface area contributed by atoms with Gasteiger partial charge in [0, 0.05) is 13.6 Å². The van der Waals surface area contributed by atoms with Crippen molar-refractivity contribution in [1.29, 1.82) is 0 Å². The number of carboxylic acids is 1. The van der Waals surface area contributed by atoms with Crippen molar-refractivity contribution in [2.24, 2.45) is 5.92 Å². The van der Waals surface area contributed by atoms with Gasteiger partial charge in [-0.2, -0.15) is 0 Å². The van der Waals surface area contributed by atoms with E-state index in [1.165, 1.54) is 7.05 Å². The molecule has 0 amide bonds. The van der Waals surface area contributed by atoms with Crippen molar-refractivity contribution >= 4 is 16.0 Å². The third-order valence-electron chi connectivity index (χ3n) is 2.48. The quantitative estimate of drug-likeness (QED) is 0.897. The second-order valence-corrected chi connectivity index (χ2v) is 6.64. The molecule has 0 atom stereocenters. The van der Waals surface area contributed by atoms with Crippen LogP contribution in [0.5, 0.6) is 0 Å². The van der Waals surface area contributed by atoms with Gasteiger partial charge in [0.25, 0.3) is 0 Å². The molecule has 7 heteroatoms. The number of nitrogens with zero attached hydrogens (tertiary/aromatic N) is 1. The van der Waals surface area contributed by atoms with E-state index in [2.05, 4.69) is 0 Å². The van der Waals surface area contributed by atoms with E-state index in [0.29, 0.717) is 0 Å². The summed E-state index contributed by atoms with van der Waals surface area (Å²) >= 11 is 0. The molecule has 0 spiro atoms. The molecular weight excluding hydrogens is 273 g/mol. The zero-order valence-corrected chi connectivity index (χ0v) is 11.7. The first-order valence-electron chi connectivity index (χ1n) is 5.65. The minimum atomic E-state index is -4.02. The van der Waals surface area contributed by atoms with Gasteiger partial charge in [-0.05, 0) is 24.1 Å². The summed E-state index contributed by atoms with van der Waals surface area (Å²) in [7, 11) is -2.68. The molecule has 1 aromatic rings. The second kappa shape index (κ2) is 5.66. The number of carboxylic acid groups (broad SMARTS) is 1. The Hall–Kier alpha value is -1.47. The Morgan fingerprint density at radius 3 is 2.47 bits per heavy atom. The van der Waals surface area contributed by atoms with Crippen LogP contribution in [-0.2, 0) is 10.0 Å². The molecule has 106 valence electrons. The molecule has 0 aliphatic carbocycles. The van der Waals surface area contributed by atoms with Crippen LogP contribution in [0, 0.1) is 11.7 Å². The van der Waals surface area contributed by atoms with Crippen LogP contribution in [-0.4, -0.2) is 37.4 Å². The van der Waals surface area contributed by atoms with Crippen molar-refractivity contribution in [1.82, 2.24) is 4.31 Å². The number of hydrogen-bond acceptors (Lipinski definition) is 3. The fourth-order valence-corrected chi connectivity index (χ4v) is 3.19. The van der Waals surface area contributed by atoms with E-state index in [1.54, 1.807) is 0 Å². The van der Waals surface area contributed by atoms with Gasteiger partial charge >= 0.3 is 5.97 Å². The predicted molar refractivity (Wildman–Crippen MR) is 68.0 cm³/mol. The molecule has 0 unspecified atom stereocenters. The van der Waals surface area contributed by atoms with Crippen molar-refractivity contribution in [2.45, 2.75) is 18.7 Å². The topological polar surface area (TPSA) is 74.7 Å². The van der Waals surface area contributed by atoms with Crippen LogP contribution >= 0.6 is 0 Å². The Morgan fingerprint density at radius 2 is 2.00 bits per heavy atom. The molecule has 0 bridgehead atoms. The predicted octanol–water partition coefficient (Wildman–Crippen LogP) is 1.80. The van der Waals surface area contributed by atoms with E-state index in [4.69, 9.17) is 5.11 Å². The van der Waals surface area contributed by atoms with E-state index in [-0.39, 0.29) is 12.5 Å². The molecular formula is C12H16FNO4S. The van der Waals surface area contributed by atoms with Gasteiger partial charge in [-0.15, -0.1) is 0 Å². The van der Waals surface area contributed by atoms with Crippen LogP contribution < -0.4 is 0 Å². The van der Waals surface area contributed by atoms with E-state index in [9.17, 15) is 17.6 Å². The summed E-state index contributed by atoms with van der Waals surface area (Å²) in [6, 6.07) is 2.61. The Balaban J connectivity index is 3.35. The number of sulfonamides is 1. The van der Waals surface area contributed by atoms with Gasteiger partial charge in [-0.25, -0.2) is 21.9 Å². The molecule has 0 radical (unpaired) electrons. The summed E-state index contributed by atoms with van der Waals surface area (Å²) in [4.78, 5) is 10.5. The fourth-order valence-electron chi connectivity index (χ4n) is 1.67. The lowest BCUT2D eigenvalue weighted by Crippen LogP contribution is -2.31. The van der Waals surface area contributed by atoms with Gasteiger partial charge in [0.15, 0.2) is 0 Å². The summed E-state index contributed by atoms with van der Waals surface area (Å²) < 4.78 is 38.7. The number of carbonyl (C=O) groups is 1. The molecule has 0 fully saturated rings. The third-order valence-corrected chi connectivity index (χ3v) is 4.35. The van der Waals surface area contributed by atoms with Gasteiger partial charge in [0.1, 0.15) is 5.82 Å². The lowest BCUT2D eigenvalue weighted by Gasteiger charge is -2.20. The normalized spacial score (nSPS) is 12.1. The lowest BCUT2D eigenvalue weighted by atomic mass is 10.2. The van der Waals surface area contributed by atoms with Crippen LogP contribution in [0.15, 0.2) is 23.1 Å².